The Labute approximate surface area is 155 Å². The number of halogens is 2. The Kier molecular flexibility index (Phi) is 6.18. The van der Waals surface area contributed by atoms with Crippen LogP contribution < -0.4 is 9.62 Å². The van der Waals surface area contributed by atoms with Gasteiger partial charge in [0.15, 0.2) is 0 Å². The number of hydrogen-bond acceptors (Lipinski definition) is 3. The number of nitrogens with zero attached hydrogens (tertiary/aromatic N) is 1. The Morgan fingerprint density at radius 3 is 2.32 bits per heavy atom. The van der Waals surface area contributed by atoms with Crippen LogP contribution in [-0.4, -0.2) is 26.6 Å². The van der Waals surface area contributed by atoms with E-state index >= 15 is 0 Å². The predicted molar refractivity (Wildman–Crippen MR) is 101 cm³/mol. The number of hydrogen-bond donors (Lipinski definition) is 1. The van der Waals surface area contributed by atoms with Crippen LogP contribution in [0.1, 0.15) is 13.3 Å². The zero-order valence-electron chi connectivity index (χ0n) is 13.7. The number of rotatable bonds is 6. The van der Waals surface area contributed by atoms with Gasteiger partial charge in [-0.15, -0.1) is 0 Å². The van der Waals surface area contributed by atoms with Crippen molar-refractivity contribution in [3.05, 3.63) is 58.8 Å². The molecule has 1 N–H and O–H groups in total. The van der Waals surface area contributed by atoms with Crippen molar-refractivity contribution < 1.29 is 17.6 Å². The van der Waals surface area contributed by atoms with Gasteiger partial charge in [0.1, 0.15) is 11.9 Å². The summed E-state index contributed by atoms with van der Waals surface area (Å²) in [7, 11) is -3.75. The molecule has 0 spiro atoms. The third kappa shape index (κ3) is 4.79. The third-order valence-corrected chi connectivity index (χ3v) is 5.41. The summed E-state index contributed by atoms with van der Waals surface area (Å²) in [6.45, 7) is 1.71. The molecule has 0 aromatic heterocycles. The average Bonchev–Trinajstić information content (AvgIpc) is 2.54. The average molecular weight is 429 g/mol. The van der Waals surface area contributed by atoms with Crippen LogP contribution in [0.2, 0.25) is 0 Å². The van der Waals surface area contributed by atoms with E-state index in [4.69, 9.17) is 0 Å². The van der Waals surface area contributed by atoms with Gasteiger partial charge in [-0.1, -0.05) is 19.1 Å². The lowest BCUT2D eigenvalue weighted by molar-refractivity contribution is -0.117. The van der Waals surface area contributed by atoms with Crippen molar-refractivity contribution in [1.29, 1.82) is 0 Å². The van der Waals surface area contributed by atoms with E-state index in [9.17, 15) is 17.6 Å². The molecule has 25 heavy (non-hydrogen) atoms. The van der Waals surface area contributed by atoms with E-state index in [1.165, 1.54) is 12.1 Å². The molecule has 2 rings (SSSR count). The van der Waals surface area contributed by atoms with Gasteiger partial charge in [0.2, 0.25) is 15.9 Å². The van der Waals surface area contributed by atoms with Crippen LogP contribution in [0.15, 0.2) is 53.0 Å². The predicted octanol–water partition coefficient (Wildman–Crippen LogP) is 3.77. The second-order valence-corrected chi connectivity index (χ2v) is 8.14. The summed E-state index contributed by atoms with van der Waals surface area (Å²) in [5.41, 5.74) is 0.775. The monoisotopic (exact) mass is 428 g/mol. The molecule has 1 amide bonds. The Morgan fingerprint density at radius 1 is 1.20 bits per heavy atom. The first-order valence-corrected chi connectivity index (χ1v) is 10.2. The van der Waals surface area contributed by atoms with Crippen molar-refractivity contribution in [1.82, 2.24) is 0 Å². The smallest absolute Gasteiger partial charge is 0.248 e. The summed E-state index contributed by atoms with van der Waals surface area (Å²) in [6.07, 6.45) is 1.27. The number of anilines is 2. The van der Waals surface area contributed by atoms with Gasteiger partial charge < -0.3 is 5.32 Å². The summed E-state index contributed by atoms with van der Waals surface area (Å²) in [5.74, 6) is -0.952. The molecular weight excluding hydrogens is 411 g/mol. The molecule has 0 unspecified atom stereocenters. The highest BCUT2D eigenvalue weighted by atomic mass is 79.9. The zero-order valence-corrected chi connectivity index (χ0v) is 16.1. The van der Waals surface area contributed by atoms with Crippen molar-refractivity contribution in [3.8, 4) is 0 Å². The number of amides is 1. The number of carbonyl (C=O) groups is 1. The highest BCUT2D eigenvalue weighted by Crippen LogP contribution is 2.25. The van der Waals surface area contributed by atoms with Crippen LogP contribution in [-0.2, 0) is 14.8 Å². The second-order valence-electron chi connectivity index (χ2n) is 5.43. The van der Waals surface area contributed by atoms with E-state index in [0.717, 1.165) is 22.7 Å². The largest absolute Gasteiger partial charge is 0.323 e. The van der Waals surface area contributed by atoms with Gasteiger partial charge >= 0.3 is 0 Å². The first-order valence-electron chi connectivity index (χ1n) is 7.54. The molecule has 0 bridgehead atoms. The number of para-hydroxylation sites is 1. The molecule has 0 aliphatic carbocycles. The molecule has 134 valence electrons. The minimum Gasteiger partial charge on any atom is -0.323 e. The lowest BCUT2D eigenvalue weighted by Gasteiger charge is -2.30. The van der Waals surface area contributed by atoms with E-state index in [1.807, 2.05) is 0 Å². The van der Waals surface area contributed by atoms with Crippen LogP contribution in [0.3, 0.4) is 0 Å². The molecule has 0 fully saturated rings. The van der Waals surface area contributed by atoms with E-state index in [-0.39, 0.29) is 12.1 Å². The highest BCUT2D eigenvalue weighted by Gasteiger charge is 2.31. The minimum atomic E-state index is -3.75. The van der Waals surface area contributed by atoms with Gasteiger partial charge in [-0.2, -0.15) is 0 Å². The van der Waals surface area contributed by atoms with Gasteiger partial charge in [0, 0.05) is 4.47 Å². The van der Waals surface area contributed by atoms with Crippen molar-refractivity contribution in [2.24, 2.45) is 0 Å². The third-order valence-electron chi connectivity index (χ3n) is 3.54. The lowest BCUT2D eigenvalue weighted by Crippen LogP contribution is -2.47. The van der Waals surface area contributed by atoms with Crippen molar-refractivity contribution >= 4 is 43.2 Å². The maximum atomic E-state index is 13.2. The SMILES string of the molecule is CC[C@H](C(=O)Nc1ccccc1Br)N(c1ccc(F)cc1)S(C)(=O)=O. The van der Waals surface area contributed by atoms with E-state index in [0.29, 0.717) is 10.2 Å². The Bertz CT molecular complexity index is 856. The fraction of sp³-hybridized carbons (Fsp3) is 0.235. The molecule has 2 aromatic carbocycles. The number of sulfonamides is 1. The molecule has 2 aromatic rings. The maximum absolute atomic E-state index is 13.2. The summed E-state index contributed by atoms with van der Waals surface area (Å²) < 4.78 is 39.4. The second kappa shape index (κ2) is 7.97. The molecule has 8 heteroatoms. The summed E-state index contributed by atoms with van der Waals surface area (Å²) in [6, 6.07) is 11.1. The van der Waals surface area contributed by atoms with E-state index in [1.54, 1.807) is 31.2 Å². The number of carbonyl (C=O) groups excluding carboxylic acids is 1. The molecular formula is C17H18BrFN2O3S. The Hall–Kier alpha value is -1.93. The van der Waals surface area contributed by atoms with E-state index in [2.05, 4.69) is 21.2 Å². The number of nitrogens with one attached hydrogen (secondary N) is 1. The molecule has 0 aliphatic heterocycles. The minimum absolute atomic E-state index is 0.234. The first-order chi connectivity index (χ1) is 11.7. The van der Waals surface area contributed by atoms with Gasteiger partial charge in [-0.3, -0.25) is 9.10 Å². The molecule has 0 aliphatic rings. The Morgan fingerprint density at radius 2 is 1.80 bits per heavy atom. The van der Waals surface area contributed by atoms with Crippen LogP contribution in [0, 0.1) is 5.82 Å². The van der Waals surface area contributed by atoms with Crippen LogP contribution in [0.5, 0.6) is 0 Å². The number of benzene rings is 2. The standard InChI is InChI=1S/C17H18BrFN2O3S/c1-3-16(17(22)20-15-7-5-4-6-14(15)18)21(25(2,23)24)13-10-8-12(19)9-11-13/h4-11,16H,3H2,1-2H3,(H,20,22)/t16-/m1/s1. The van der Waals surface area contributed by atoms with Crippen molar-refractivity contribution in [3.63, 3.8) is 0 Å². The molecule has 1 atom stereocenters. The quantitative estimate of drug-likeness (QED) is 0.761. The van der Waals surface area contributed by atoms with Crippen molar-refractivity contribution in [2.45, 2.75) is 19.4 Å². The molecule has 0 heterocycles. The van der Waals surface area contributed by atoms with Crippen LogP contribution in [0.25, 0.3) is 0 Å². The van der Waals surface area contributed by atoms with Gasteiger partial charge in [-0.05, 0) is 58.7 Å². The van der Waals surface area contributed by atoms with Gasteiger partial charge in [0.25, 0.3) is 0 Å². The Balaban J connectivity index is 2.38. The summed E-state index contributed by atoms with van der Waals surface area (Å²) in [4.78, 5) is 12.7. The van der Waals surface area contributed by atoms with Crippen molar-refractivity contribution in [2.75, 3.05) is 15.9 Å². The fourth-order valence-corrected chi connectivity index (χ4v) is 4.02. The van der Waals surface area contributed by atoms with Crippen LogP contribution in [0.4, 0.5) is 15.8 Å². The topological polar surface area (TPSA) is 66.5 Å². The normalized spacial score (nSPS) is 12.5. The fourth-order valence-electron chi connectivity index (χ4n) is 2.43. The zero-order chi connectivity index (χ0) is 18.6. The van der Waals surface area contributed by atoms with Gasteiger partial charge in [-0.25, -0.2) is 12.8 Å². The van der Waals surface area contributed by atoms with E-state index < -0.39 is 27.8 Å². The maximum Gasteiger partial charge on any atom is 0.248 e. The highest BCUT2D eigenvalue weighted by molar-refractivity contribution is 9.10. The first kappa shape index (κ1) is 19.4. The van der Waals surface area contributed by atoms with Crippen LogP contribution >= 0.6 is 15.9 Å². The summed E-state index contributed by atoms with van der Waals surface area (Å²) >= 11 is 3.34. The molecule has 5 nitrogen and oxygen atoms in total. The lowest BCUT2D eigenvalue weighted by atomic mass is 10.2. The molecule has 0 saturated carbocycles. The summed E-state index contributed by atoms with van der Waals surface area (Å²) in [5, 5.41) is 2.73. The molecule has 0 saturated heterocycles. The van der Waals surface area contributed by atoms with Gasteiger partial charge in [0.05, 0.1) is 17.6 Å². The molecule has 0 radical (unpaired) electrons.